The van der Waals surface area contributed by atoms with Crippen molar-refractivity contribution in [2.75, 3.05) is 5.32 Å². The molecule has 3 aromatic rings. The average Bonchev–Trinajstić information content (AvgIpc) is 3.25. The molecule has 3 heterocycles. The lowest BCUT2D eigenvalue weighted by molar-refractivity contribution is 0.243. The molecule has 0 saturated carbocycles. The third kappa shape index (κ3) is 3.21. The van der Waals surface area contributed by atoms with Crippen LogP contribution in [0.3, 0.4) is 0 Å². The number of nitrogens with one attached hydrogen (secondary N) is 2. The number of aromatic nitrogens is 5. The minimum absolute atomic E-state index is 0.0593. The van der Waals surface area contributed by atoms with Crippen LogP contribution in [0.2, 0.25) is 0 Å². The molecular weight excluding hydrogens is 325 g/mol. The van der Waals surface area contributed by atoms with Gasteiger partial charge >= 0.3 is 6.03 Å². The van der Waals surface area contributed by atoms with E-state index in [1.807, 2.05) is 0 Å². The Morgan fingerprint density at radius 3 is 3.08 bits per heavy atom. The van der Waals surface area contributed by atoms with Crippen LogP contribution in [0.4, 0.5) is 14.9 Å². The predicted molar refractivity (Wildman–Crippen MR) is 87.8 cm³/mol. The zero-order valence-electron chi connectivity index (χ0n) is 13.3. The second-order valence-corrected chi connectivity index (χ2v) is 5.80. The Morgan fingerprint density at radius 1 is 1.32 bits per heavy atom. The Labute approximate surface area is 142 Å². The van der Waals surface area contributed by atoms with E-state index in [0.717, 1.165) is 18.7 Å². The van der Waals surface area contributed by atoms with Gasteiger partial charge in [-0.25, -0.2) is 23.5 Å². The van der Waals surface area contributed by atoms with E-state index in [4.69, 9.17) is 0 Å². The van der Waals surface area contributed by atoms with E-state index in [1.54, 1.807) is 33.9 Å². The highest BCUT2D eigenvalue weighted by Gasteiger charge is 2.21. The van der Waals surface area contributed by atoms with Crippen LogP contribution in [0.25, 0.3) is 5.69 Å². The number of anilines is 1. The van der Waals surface area contributed by atoms with Gasteiger partial charge in [-0.1, -0.05) is 0 Å². The molecule has 1 aromatic carbocycles. The number of nitrogens with zero attached hydrogens (tertiary/aromatic N) is 5. The van der Waals surface area contributed by atoms with E-state index in [2.05, 4.69) is 25.8 Å². The fourth-order valence-corrected chi connectivity index (χ4v) is 2.92. The SMILES string of the molecule is O=C(Nc1cc(F)ccc1-n1cccn1)NC1CCc2ncnn2C1. The second kappa shape index (κ2) is 6.34. The van der Waals surface area contributed by atoms with Crippen LogP contribution in [0.5, 0.6) is 0 Å². The highest BCUT2D eigenvalue weighted by Crippen LogP contribution is 2.21. The van der Waals surface area contributed by atoms with Crippen LogP contribution in [-0.2, 0) is 13.0 Å². The van der Waals surface area contributed by atoms with Crippen molar-refractivity contribution in [1.29, 1.82) is 0 Å². The Kier molecular flexibility index (Phi) is 3.88. The maximum absolute atomic E-state index is 13.6. The van der Waals surface area contributed by atoms with Crippen LogP contribution in [-0.4, -0.2) is 36.6 Å². The Hall–Kier alpha value is -3.23. The van der Waals surface area contributed by atoms with E-state index in [0.29, 0.717) is 17.9 Å². The number of carbonyl (C=O) groups is 1. The first-order valence-electron chi connectivity index (χ1n) is 7.93. The molecule has 1 aliphatic heterocycles. The number of amides is 2. The number of hydrogen-bond donors (Lipinski definition) is 2. The zero-order chi connectivity index (χ0) is 17.2. The number of hydrogen-bond acceptors (Lipinski definition) is 4. The molecule has 25 heavy (non-hydrogen) atoms. The molecule has 0 spiro atoms. The van der Waals surface area contributed by atoms with Gasteiger partial charge in [0.2, 0.25) is 0 Å². The molecule has 0 aliphatic carbocycles. The van der Waals surface area contributed by atoms with Gasteiger partial charge < -0.3 is 10.6 Å². The van der Waals surface area contributed by atoms with Crippen molar-refractivity contribution in [3.63, 3.8) is 0 Å². The molecule has 9 heteroatoms. The van der Waals surface area contributed by atoms with E-state index in [1.165, 1.54) is 18.5 Å². The van der Waals surface area contributed by atoms with Crippen LogP contribution in [0.1, 0.15) is 12.2 Å². The third-order valence-corrected chi connectivity index (χ3v) is 4.10. The fourth-order valence-electron chi connectivity index (χ4n) is 2.92. The normalized spacial score (nSPS) is 16.3. The molecule has 0 fully saturated rings. The summed E-state index contributed by atoms with van der Waals surface area (Å²) in [5, 5.41) is 13.9. The summed E-state index contributed by atoms with van der Waals surface area (Å²) < 4.78 is 17.0. The first-order chi connectivity index (χ1) is 12.2. The van der Waals surface area contributed by atoms with E-state index in [9.17, 15) is 9.18 Å². The van der Waals surface area contributed by atoms with Gasteiger partial charge in [-0.2, -0.15) is 10.2 Å². The van der Waals surface area contributed by atoms with Gasteiger partial charge in [-0.05, 0) is 30.7 Å². The van der Waals surface area contributed by atoms with Crippen LogP contribution < -0.4 is 10.6 Å². The van der Waals surface area contributed by atoms with Crippen molar-refractivity contribution in [3.8, 4) is 5.69 Å². The number of rotatable bonds is 3. The third-order valence-electron chi connectivity index (χ3n) is 4.10. The van der Waals surface area contributed by atoms with Crippen molar-refractivity contribution < 1.29 is 9.18 Å². The Balaban J connectivity index is 1.47. The van der Waals surface area contributed by atoms with Gasteiger partial charge in [0.05, 0.1) is 24.0 Å². The van der Waals surface area contributed by atoms with Crippen molar-refractivity contribution in [3.05, 3.63) is 54.6 Å². The zero-order valence-corrected chi connectivity index (χ0v) is 13.3. The van der Waals surface area contributed by atoms with Gasteiger partial charge in [-0.15, -0.1) is 0 Å². The Morgan fingerprint density at radius 2 is 2.24 bits per heavy atom. The molecule has 128 valence electrons. The summed E-state index contributed by atoms with van der Waals surface area (Å²) in [5.41, 5.74) is 0.933. The molecule has 8 nitrogen and oxygen atoms in total. The number of urea groups is 1. The minimum Gasteiger partial charge on any atom is -0.333 e. The Bertz CT molecular complexity index is 890. The van der Waals surface area contributed by atoms with Crippen molar-refractivity contribution in [2.24, 2.45) is 0 Å². The molecule has 2 N–H and O–H groups in total. The summed E-state index contributed by atoms with van der Waals surface area (Å²) in [5.74, 6) is 0.487. The molecule has 1 atom stereocenters. The summed E-state index contributed by atoms with van der Waals surface area (Å²) >= 11 is 0. The fraction of sp³-hybridized carbons (Fsp3) is 0.250. The van der Waals surface area contributed by atoms with Gasteiger partial charge in [0.1, 0.15) is 18.0 Å². The number of halogens is 1. The largest absolute Gasteiger partial charge is 0.333 e. The second-order valence-electron chi connectivity index (χ2n) is 5.80. The molecule has 4 rings (SSSR count). The van der Waals surface area contributed by atoms with E-state index in [-0.39, 0.29) is 6.04 Å². The topological polar surface area (TPSA) is 89.7 Å². The highest BCUT2D eigenvalue weighted by molar-refractivity contribution is 5.91. The van der Waals surface area contributed by atoms with Gasteiger partial charge in [0.25, 0.3) is 0 Å². The lowest BCUT2D eigenvalue weighted by atomic mass is 10.1. The minimum atomic E-state index is -0.434. The first kappa shape index (κ1) is 15.3. The molecule has 2 amide bonds. The highest BCUT2D eigenvalue weighted by atomic mass is 19.1. The average molecular weight is 341 g/mol. The summed E-state index contributed by atoms with van der Waals surface area (Å²) in [4.78, 5) is 16.5. The quantitative estimate of drug-likeness (QED) is 0.759. The van der Waals surface area contributed by atoms with Gasteiger partial charge in [-0.3, -0.25) is 0 Å². The number of aryl methyl sites for hydroxylation is 1. The molecule has 0 radical (unpaired) electrons. The molecule has 0 bridgehead atoms. The summed E-state index contributed by atoms with van der Waals surface area (Å²) in [7, 11) is 0. The summed E-state index contributed by atoms with van der Waals surface area (Å²) in [6.45, 7) is 0.567. The molecule has 2 aromatic heterocycles. The molecule has 1 unspecified atom stereocenters. The lowest BCUT2D eigenvalue weighted by Gasteiger charge is -2.24. The smallest absolute Gasteiger partial charge is 0.319 e. The van der Waals surface area contributed by atoms with Crippen molar-refractivity contribution in [1.82, 2.24) is 29.9 Å². The lowest BCUT2D eigenvalue weighted by Crippen LogP contribution is -2.43. The van der Waals surface area contributed by atoms with Crippen molar-refractivity contribution >= 4 is 11.7 Å². The predicted octanol–water partition coefficient (Wildman–Crippen LogP) is 1.74. The van der Waals surface area contributed by atoms with E-state index >= 15 is 0 Å². The molecule has 0 saturated heterocycles. The van der Waals surface area contributed by atoms with Gasteiger partial charge in [0.15, 0.2) is 0 Å². The standard InChI is InChI=1S/C16H16FN7O/c17-11-2-4-14(23-7-1-6-19-23)13(8-11)22-16(25)21-12-3-5-15-18-10-20-24(15)9-12/h1-2,4,6-8,10,12H,3,5,9H2,(H2,21,22,25). The van der Waals surface area contributed by atoms with Crippen LogP contribution in [0, 0.1) is 5.82 Å². The molecular formula is C16H16FN7O. The maximum Gasteiger partial charge on any atom is 0.319 e. The van der Waals surface area contributed by atoms with E-state index < -0.39 is 11.8 Å². The number of benzene rings is 1. The number of fused-ring (bicyclic) bond motifs is 1. The van der Waals surface area contributed by atoms with Crippen LogP contribution in [0.15, 0.2) is 43.0 Å². The molecule has 1 aliphatic rings. The van der Waals surface area contributed by atoms with Gasteiger partial charge in [0, 0.05) is 18.8 Å². The maximum atomic E-state index is 13.6. The summed E-state index contributed by atoms with van der Waals surface area (Å²) in [6.07, 6.45) is 6.39. The van der Waals surface area contributed by atoms with Crippen LogP contribution >= 0.6 is 0 Å². The monoisotopic (exact) mass is 341 g/mol. The van der Waals surface area contributed by atoms with Crippen molar-refractivity contribution in [2.45, 2.75) is 25.4 Å². The summed E-state index contributed by atoms with van der Waals surface area (Å²) in [6, 6.07) is 5.47. The first-order valence-corrected chi connectivity index (χ1v) is 7.93. The number of carbonyl (C=O) groups excluding carboxylic acids is 1.